The van der Waals surface area contributed by atoms with Gasteiger partial charge in [0.2, 0.25) is 0 Å². The molecule has 8 heteroatoms. The second-order valence-corrected chi connectivity index (χ2v) is 6.32. The maximum absolute atomic E-state index is 12.4. The van der Waals surface area contributed by atoms with Crippen molar-refractivity contribution in [3.8, 4) is 0 Å². The molecule has 0 saturated carbocycles. The molecule has 25 heavy (non-hydrogen) atoms. The van der Waals surface area contributed by atoms with E-state index in [0.29, 0.717) is 10.8 Å². The number of anilines is 2. The normalized spacial score (nSPS) is 11.9. The highest BCUT2D eigenvalue weighted by atomic mass is 19.4. The van der Waals surface area contributed by atoms with Crippen LogP contribution in [0, 0.1) is 0 Å². The van der Waals surface area contributed by atoms with Crippen LogP contribution in [0.5, 0.6) is 0 Å². The maximum atomic E-state index is 12.4. The van der Waals surface area contributed by atoms with Crippen molar-refractivity contribution in [1.82, 2.24) is 0 Å². The van der Waals surface area contributed by atoms with E-state index < -0.39 is 23.8 Å². The minimum atomic E-state index is -5.01. The third-order valence-electron chi connectivity index (χ3n) is 3.01. The summed E-state index contributed by atoms with van der Waals surface area (Å²) in [4.78, 5) is 23.1. The second-order valence-electron chi connectivity index (χ2n) is 6.32. The number of rotatable bonds is 2. The van der Waals surface area contributed by atoms with Crippen molar-refractivity contribution in [2.24, 2.45) is 0 Å². The molecule has 0 aliphatic heterocycles. The molecule has 5 nitrogen and oxygen atoms in total. The van der Waals surface area contributed by atoms with Crippen molar-refractivity contribution in [3.63, 3.8) is 0 Å². The van der Waals surface area contributed by atoms with Gasteiger partial charge in [-0.1, -0.05) is 24.3 Å². The second kappa shape index (κ2) is 6.62. The largest absolute Gasteiger partial charge is 0.471 e. The molecule has 0 radical (unpaired) electrons. The number of carbonyl (C=O) groups is 2. The molecule has 0 fully saturated rings. The molecule has 134 valence electrons. The summed E-state index contributed by atoms with van der Waals surface area (Å²) in [6, 6.07) is 9.39. The first-order valence-electron chi connectivity index (χ1n) is 7.37. The molecule has 2 amide bonds. The zero-order valence-corrected chi connectivity index (χ0v) is 13.8. The third-order valence-corrected chi connectivity index (χ3v) is 3.01. The number of hydrogen-bond acceptors (Lipinski definition) is 3. The van der Waals surface area contributed by atoms with Crippen LogP contribution in [0.3, 0.4) is 0 Å². The lowest BCUT2D eigenvalue weighted by Crippen LogP contribution is -2.30. The quantitative estimate of drug-likeness (QED) is 0.822. The number of nitrogens with one attached hydrogen (secondary N) is 2. The zero-order valence-electron chi connectivity index (χ0n) is 13.8. The van der Waals surface area contributed by atoms with Crippen LogP contribution < -0.4 is 10.6 Å². The molecule has 0 unspecified atom stereocenters. The summed E-state index contributed by atoms with van der Waals surface area (Å²) in [6.45, 7) is 5.06. The van der Waals surface area contributed by atoms with Gasteiger partial charge in [-0.05, 0) is 38.3 Å². The Balaban J connectivity index is 2.37. The number of fused-ring (bicyclic) bond motifs is 1. The fraction of sp³-hybridized carbons (Fsp3) is 0.294. The van der Waals surface area contributed by atoms with E-state index in [2.05, 4.69) is 5.32 Å². The molecule has 0 aromatic heterocycles. The summed E-state index contributed by atoms with van der Waals surface area (Å²) in [7, 11) is 0. The van der Waals surface area contributed by atoms with E-state index >= 15 is 0 Å². The predicted molar refractivity (Wildman–Crippen MR) is 88.5 cm³/mol. The Morgan fingerprint density at radius 3 is 2.24 bits per heavy atom. The van der Waals surface area contributed by atoms with E-state index in [1.165, 1.54) is 12.1 Å². The van der Waals surface area contributed by atoms with Gasteiger partial charge in [-0.2, -0.15) is 13.2 Å². The minimum Gasteiger partial charge on any atom is -0.444 e. The molecular weight excluding hydrogens is 337 g/mol. The van der Waals surface area contributed by atoms with Gasteiger partial charge in [0.15, 0.2) is 0 Å². The highest BCUT2D eigenvalue weighted by molar-refractivity contribution is 6.04. The van der Waals surface area contributed by atoms with Gasteiger partial charge in [0, 0.05) is 11.1 Å². The summed E-state index contributed by atoms with van der Waals surface area (Å²) in [5, 5.41) is 5.43. The Kier molecular flexibility index (Phi) is 4.92. The highest BCUT2D eigenvalue weighted by Crippen LogP contribution is 2.29. The van der Waals surface area contributed by atoms with Crippen LogP contribution in [0.1, 0.15) is 20.8 Å². The van der Waals surface area contributed by atoms with Crippen molar-refractivity contribution in [2.45, 2.75) is 32.5 Å². The van der Waals surface area contributed by atoms with E-state index in [-0.39, 0.29) is 11.4 Å². The average molecular weight is 354 g/mol. The van der Waals surface area contributed by atoms with Gasteiger partial charge in [0.1, 0.15) is 5.60 Å². The molecule has 0 aliphatic rings. The molecule has 0 aliphatic carbocycles. The number of alkyl halides is 3. The molecule has 0 heterocycles. The summed E-state index contributed by atoms with van der Waals surface area (Å²) in [5.74, 6) is -2.09. The topological polar surface area (TPSA) is 67.4 Å². The van der Waals surface area contributed by atoms with E-state index in [9.17, 15) is 22.8 Å². The highest BCUT2D eigenvalue weighted by Gasteiger charge is 2.38. The first-order valence-corrected chi connectivity index (χ1v) is 7.37. The standard InChI is InChI=1S/C17H17F3N2O3/c1-16(2,3)25-15(24)22-13-9-11(21-14(23)17(18,19)20)8-10-6-4-5-7-12(10)13/h4-9H,1-3H3,(H,21,23)(H,22,24). The summed E-state index contributed by atoms with van der Waals surface area (Å²) in [5.41, 5.74) is -0.598. The summed E-state index contributed by atoms with van der Waals surface area (Å²) < 4.78 is 42.5. The molecule has 0 spiro atoms. The van der Waals surface area contributed by atoms with Crippen molar-refractivity contribution >= 4 is 34.1 Å². The SMILES string of the molecule is CC(C)(C)OC(=O)Nc1cc(NC(=O)C(F)(F)F)cc2ccccc12. The maximum Gasteiger partial charge on any atom is 0.471 e. The fourth-order valence-electron chi connectivity index (χ4n) is 2.10. The van der Waals surface area contributed by atoms with Crippen molar-refractivity contribution in [2.75, 3.05) is 10.6 Å². The Bertz CT molecular complexity index is 811. The van der Waals surface area contributed by atoms with E-state index in [1.54, 1.807) is 50.4 Å². The average Bonchev–Trinajstić information content (AvgIpc) is 2.44. The summed E-state index contributed by atoms with van der Waals surface area (Å²) in [6.07, 6.45) is -5.76. The minimum absolute atomic E-state index is 0.0907. The lowest BCUT2D eigenvalue weighted by molar-refractivity contribution is -0.167. The summed E-state index contributed by atoms with van der Waals surface area (Å²) >= 11 is 0. The fourth-order valence-corrected chi connectivity index (χ4v) is 2.10. The Hall–Kier alpha value is -2.77. The van der Waals surface area contributed by atoms with Gasteiger partial charge in [0.25, 0.3) is 0 Å². The predicted octanol–water partition coefficient (Wildman–Crippen LogP) is 4.69. The number of halogens is 3. The first kappa shape index (κ1) is 18.6. The number of benzene rings is 2. The lowest BCUT2D eigenvalue weighted by Gasteiger charge is -2.20. The van der Waals surface area contributed by atoms with E-state index in [4.69, 9.17) is 4.74 Å². The van der Waals surface area contributed by atoms with Gasteiger partial charge in [-0.3, -0.25) is 10.1 Å². The smallest absolute Gasteiger partial charge is 0.444 e. The van der Waals surface area contributed by atoms with Crippen LogP contribution in [0.2, 0.25) is 0 Å². The van der Waals surface area contributed by atoms with Crippen molar-refractivity contribution in [1.29, 1.82) is 0 Å². The molecule has 0 atom stereocenters. The molecule has 2 aromatic carbocycles. The van der Waals surface area contributed by atoms with Crippen LogP contribution in [-0.2, 0) is 9.53 Å². The van der Waals surface area contributed by atoms with Gasteiger partial charge in [-0.25, -0.2) is 4.79 Å². The molecule has 0 saturated heterocycles. The van der Waals surface area contributed by atoms with Crippen molar-refractivity contribution in [3.05, 3.63) is 36.4 Å². The van der Waals surface area contributed by atoms with Gasteiger partial charge in [0.05, 0.1) is 5.69 Å². The number of amides is 2. The van der Waals surface area contributed by atoms with Crippen LogP contribution in [0.15, 0.2) is 36.4 Å². The Labute approximate surface area is 142 Å². The molecule has 2 aromatic rings. The van der Waals surface area contributed by atoms with Crippen LogP contribution in [0.25, 0.3) is 10.8 Å². The van der Waals surface area contributed by atoms with E-state index in [0.717, 1.165) is 0 Å². The lowest BCUT2D eigenvalue weighted by atomic mass is 10.1. The number of hydrogen-bond donors (Lipinski definition) is 2. The van der Waals surface area contributed by atoms with Gasteiger partial charge < -0.3 is 10.1 Å². The zero-order chi connectivity index (χ0) is 18.8. The Morgan fingerprint density at radius 2 is 1.64 bits per heavy atom. The number of ether oxygens (including phenoxy) is 1. The molecule has 2 rings (SSSR count). The van der Waals surface area contributed by atoms with Gasteiger partial charge in [-0.15, -0.1) is 0 Å². The molecule has 2 N–H and O–H groups in total. The Morgan fingerprint density at radius 1 is 1.00 bits per heavy atom. The van der Waals surface area contributed by atoms with E-state index in [1.807, 2.05) is 0 Å². The van der Waals surface area contributed by atoms with Crippen LogP contribution >= 0.6 is 0 Å². The molecule has 0 bridgehead atoms. The van der Waals surface area contributed by atoms with Gasteiger partial charge >= 0.3 is 18.2 Å². The first-order chi connectivity index (χ1) is 11.5. The van der Waals surface area contributed by atoms with Crippen molar-refractivity contribution < 1.29 is 27.5 Å². The molecular formula is C17H17F3N2O3. The van der Waals surface area contributed by atoms with Crippen LogP contribution in [-0.4, -0.2) is 23.8 Å². The van der Waals surface area contributed by atoms with Crippen LogP contribution in [0.4, 0.5) is 29.3 Å². The number of carbonyl (C=O) groups excluding carboxylic acids is 2. The third kappa shape index (κ3) is 5.10. The monoisotopic (exact) mass is 354 g/mol.